The molecular weight excluding hydrogens is 222 g/mol. The Hall–Kier alpha value is -1.57. The van der Waals surface area contributed by atoms with Gasteiger partial charge in [-0.25, -0.2) is 0 Å². The van der Waals surface area contributed by atoms with E-state index >= 15 is 0 Å². The highest BCUT2D eigenvalue weighted by Gasteiger charge is 2.29. The predicted octanol–water partition coefficient (Wildman–Crippen LogP) is 3.53. The number of amides is 1. The lowest BCUT2D eigenvalue weighted by Gasteiger charge is -2.25. The number of hydrogen-bond donors (Lipinski definition) is 0. The molecule has 2 rings (SSSR count). The first-order valence-corrected chi connectivity index (χ1v) is 6.75. The topological polar surface area (TPSA) is 20.3 Å². The summed E-state index contributed by atoms with van der Waals surface area (Å²) in [5.41, 5.74) is 1.22. The van der Waals surface area contributed by atoms with Gasteiger partial charge in [0, 0.05) is 19.0 Å². The summed E-state index contributed by atoms with van der Waals surface area (Å²) < 4.78 is 0. The van der Waals surface area contributed by atoms with Crippen LogP contribution in [-0.2, 0) is 11.3 Å². The minimum absolute atomic E-state index is 0.308. The zero-order valence-corrected chi connectivity index (χ0v) is 10.8. The van der Waals surface area contributed by atoms with E-state index < -0.39 is 0 Å². The Morgan fingerprint density at radius 3 is 2.83 bits per heavy atom. The van der Waals surface area contributed by atoms with Gasteiger partial charge in [-0.15, -0.1) is 6.58 Å². The van der Waals surface area contributed by atoms with E-state index in [1.54, 1.807) is 0 Å². The Labute approximate surface area is 109 Å². The number of carbonyl (C=O) groups excluding carboxylic acids is 1. The molecular formula is C16H21NO. The van der Waals surface area contributed by atoms with E-state index in [1.165, 1.54) is 5.56 Å². The Balaban J connectivity index is 1.95. The lowest BCUT2D eigenvalue weighted by molar-refractivity contribution is -0.129. The molecule has 1 heterocycles. The molecule has 1 amide bonds. The van der Waals surface area contributed by atoms with Gasteiger partial charge in [0.1, 0.15) is 0 Å². The third-order valence-corrected chi connectivity index (χ3v) is 3.59. The van der Waals surface area contributed by atoms with E-state index in [9.17, 15) is 4.79 Å². The fraction of sp³-hybridized carbons (Fsp3) is 0.438. The average Bonchev–Trinajstić information content (AvgIpc) is 2.73. The van der Waals surface area contributed by atoms with Gasteiger partial charge in [-0.2, -0.15) is 0 Å². The molecule has 0 aromatic heterocycles. The standard InChI is InChI=1S/C16H21NO/c1-2-3-5-10-15-11-12-16(18)17(15)13-14-8-6-4-7-9-14/h2,4,6-9,15H,1,3,5,10-13H2. The van der Waals surface area contributed by atoms with E-state index in [1.807, 2.05) is 24.3 Å². The van der Waals surface area contributed by atoms with Crippen LogP contribution in [0.5, 0.6) is 0 Å². The van der Waals surface area contributed by atoms with Crippen molar-refractivity contribution < 1.29 is 4.79 Å². The third-order valence-electron chi connectivity index (χ3n) is 3.59. The van der Waals surface area contributed by atoms with Gasteiger partial charge in [-0.3, -0.25) is 4.79 Å². The maximum atomic E-state index is 11.9. The van der Waals surface area contributed by atoms with Crippen molar-refractivity contribution in [1.82, 2.24) is 4.90 Å². The molecule has 0 saturated carbocycles. The van der Waals surface area contributed by atoms with Crippen LogP contribution in [-0.4, -0.2) is 16.8 Å². The molecule has 0 aliphatic carbocycles. The van der Waals surface area contributed by atoms with Gasteiger partial charge in [-0.1, -0.05) is 36.4 Å². The zero-order chi connectivity index (χ0) is 12.8. The van der Waals surface area contributed by atoms with E-state index in [4.69, 9.17) is 0 Å². The van der Waals surface area contributed by atoms with Gasteiger partial charge in [0.2, 0.25) is 5.91 Å². The number of carbonyl (C=O) groups is 1. The Kier molecular flexibility index (Phi) is 4.57. The van der Waals surface area contributed by atoms with E-state index in [-0.39, 0.29) is 0 Å². The lowest BCUT2D eigenvalue weighted by Crippen LogP contribution is -2.32. The smallest absolute Gasteiger partial charge is 0.223 e. The maximum absolute atomic E-state index is 11.9. The first-order chi connectivity index (χ1) is 8.81. The van der Waals surface area contributed by atoms with Crippen LogP contribution in [0.2, 0.25) is 0 Å². The summed E-state index contributed by atoms with van der Waals surface area (Å²) in [6.45, 7) is 4.51. The highest BCUT2D eigenvalue weighted by Crippen LogP contribution is 2.25. The fourth-order valence-electron chi connectivity index (χ4n) is 2.59. The zero-order valence-electron chi connectivity index (χ0n) is 10.8. The Morgan fingerprint density at radius 2 is 2.11 bits per heavy atom. The fourth-order valence-corrected chi connectivity index (χ4v) is 2.59. The van der Waals surface area contributed by atoms with Gasteiger partial charge < -0.3 is 4.90 Å². The Morgan fingerprint density at radius 1 is 1.33 bits per heavy atom. The van der Waals surface area contributed by atoms with E-state index in [0.717, 1.165) is 32.2 Å². The van der Waals surface area contributed by atoms with Crippen molar-refractivity contribution in [2.45, 2.75) is 44.7 Å². The molecule has 1 aromatic carbocycles. The number of nitrogens with zero attached hydrogens (tertiary/aromatic N) is 1. The summed E-state index contributed by atoms with van der Waals surface area (Å²) in [7, 11) is 0. The van der Waals surface area contributed by atoms with Crippen molar-refractivity contribution >= 4 is 5.91 Å². The minimum atomic E-state index is 0.308. The van der Waals surface area contributed by atoms with Crippen molar-refractivity contribution in [3.63, 3.8) is 0 Å². The van der Waals surface area contributed by atoms with Gasteiger partial charge in [0.05, 0.1) is 0 Å². The first kappa shape index (κ1) is 12.9. The molecule has 1 aliphatic rings. The second kappa shape index (κ2) is 6.39. The Bertz CT molecular complexity index is 399. The second-order valence-electron chi connectivity index (χ2n) is 4.92. The monoisotopic (exact) mass is 243 g/mol. The molecule has 2 nitrogen and oxygen atoms in total. The molecule has 1 saturated heterocycles. The van der Waals surface area contributed by atoms with Crippen molar-refractivity contribution in [2.75, 3.05) is 0 Å². The quantitative estimate of drug-likeness (QED) is 0.553. The van der Waals surface area contributed by atoms with E-state index in [0.29, 0.717) is 18.4 Å². The lowest BCUT2D eigenvalue weighted by atomic mass is 10.1. The van der Waals surface area contributed by atoms with Crippen LogP contribution < -0.4 is 0 Å². The van der Waals surface area contributed by atoms with Crippen molar-refractivity contribution in [2.24, 2.45) is 0 Å². The number of benzene rings is 1. The van der Waals surface area contributed by atoms with Crippen LogP contribution in [0.3, 0.4) is 0 Å². The molecule has 18 heavy (non-hydrogen) atoms. The number of likely N-dealkylation sites (tertiary alicyclic amines) is 1. The molecule has 96 valence electrons. The summed E-state index contributed by atoms with van der Waals surface area (Å²) in [5.74, 6) is 0.308. The molecule has 1 aromatic rings. The first-order valence-electron chi connectivity index (χ1n) is 6.75. The van der Waals surface area contributed by atoms with Gasteiger partial charge in [0.25, 0.3) is 0 Å². The highest BCUT2D eigenvalue weighted by molar-refractivity contribution is 5.78. The van der Waals surface area contributed by atoms with Crippen LogP contribution in [0.25, 0.3) is 0 Å². The van der Waals surface area contributed by atoms with Crippen LogP contribution >= 0.6 is 0 Å². The molecule has 2 heteroatoms. The molecule has 1 unspecified atom stereocenters. The molecule has 0 spiro atoms. The van der Waals surface area contributed by atoms with Crippen LogP contribution in [0.1, 0.15) is 37.7 Å². The van der Waals surface area contributed by atoms with Crippen molar-refractivity contribution in [3.8, 4) is 0 Å². The van der Waals surface area contributed by atoms with Gasteiger partial charge in [-0.05, 0) is 31.2 Å². The summed E-state index contributed by atoms with van der Waals surface area (Å²) in [5, 5.41) is 0. The minimum Gasteiger partial charge on any atom is -0.335 e. The molecule has 0 bridgehead atoms. The second-order valence-corrected chi connectivity index (χ2v) is 4.92. The van der Waals surface area contributed by atoms with Crippen LogP contribution in [0.4, 0.5) is 0 Å². The largest absolute Gasteiger partial charge is 0.335 e. The van der Waals surface area contributed by atoms with Gasteiger partial charge >= 0.3 is 0 Å². The van der Waals surface area contributed by atoms with Crippen molar-refractivity contribution in [3.05, 3.63) is 48.6 Å². The molecule has 1 fully saturated rings. The molecule has 0 N–H and O–H groups in total. The normalized spacial score (nSPS) is 19.2. The molecule has 1 atom stereocenters. The third kappa shape index (κ3) is 3.22. The van der Waals surface area contributed by atoms with Crippen molar-refractivity contribution in [1.29, 1.82) is 0 Å². The molecule has 0 radical (unpaired) electrons. The summed E-state index contributed by atoms with van der Waals surface area (Å²) in [6, 6.07) is 10.7. The predicted molar refractivity (Wildman–Crippen MR) is 74.1 cm³/mol. The molecule has 1 aliphatic heterocycles. The summed E-state index contributed by atoms with van der Waals surface area (Å²) in [6.07, 6.45) is 6.97. The maximum Gasteiger partial charge on any atom is 0.223 e. The SMILES string of the molecule is C=CCCCC1CCC(=O)N1Cc1ccccc1. The number of rotatable bonds is 6. The van der Waals surface area contributed by atoms with Crippen LogP contribution in [0, 0.1) is 0 Å². The number of hydrogen-bond acceptors (Lipinski definition) is 1. The van der Waals surface area contributed by atoms with Gasteiger partial charge in [0.15, 0.2) is 0 Å². The summed E-state index contributed by atoms with van der Waals surface area (Å²) >= 11 is 0. The average molecular weight is 243 g/mol. The van der Waals surface area contributed by atoms with E-state index in [2.05, 4.69) is 23.6 Å². The summed E-state index contributed by atoms with van der Waals surface area (Å²) in [4.78, 5) is 14.0. The number of allylic oxidation sites excluding steroid dienone is 1. The van der Waals surface area contributed by atoms with Crippen LogP contribution in [0.15, 0.2) is 43.0 Å². The highest BCUT2D eigenvalue weighted by atomic mass is 16.2. The number of unbranched alkanes of at least 4 members (excludes halogenated alkanes) is 1.